The van der Waals surface area contributed by atoms with Crippen LogP contribution in [0.2, 0.25) is 0 Å². The molecule has 0 fully saturated rings. The molecule has 0 saturated carbocycles. The molecule has 0 saturated heterocycles. The highest BCUT2D eigenvalue weighted by atomic mass is 32.1. The van der Waals surface area contributed by atoms with Crippen molar-refractivity contribution in [2.24, 2.45) is 4.99 Å². The number of aryl methyl sites for hydroxylation is 1. The van der Waals surface area contributed by atoms with Gasteiger partial charge in [-0.15, -0.1) is 11.3 Å². The van der Waals surface area contributed by atoms with Gasteiger partial charge in [0.25, 0.3) is 11.2 Å². The third-order valence-electron chi connectivity index (χ3n) is 8.41. The van der Waals surface area contributed by atoms with E-state index in [0.29, 0.717) is 14.9 Å². The number of esters is 1. The summed E-state index contributed by atoms with van der Waals surface area (Å²) < 4.78 is 8.15. The fourth-order valence-electron chi connectivity index (χ4n) is 6.24. The number of non-ortho nitro benzene ring substituents is 1. The zero-order valence-corrected chi connectivity index (χ0v) is 25.7. The molecule has 8 rings (SSSR count). The topological polar surface area (TPSA) is 104 Å². The second kappa shape index (κ2) is 11.2. The summed E-state index contributed by atoms with van der Waals surface area (Å²) in [7, 11) is 0. The summed E-state index contributed by atoms with van der Waals surface area (Å²) in [5.41, 5.74) is 4.92. The van der Waals surface area contributed by atoms with E-state index in [1.54, 1.807) is 23.5 Å². The van der Waals surface area contributed by atoms with E-state index in [2.05, 4.69) is 18.2 Å². The molecule has 2 aliphatic rings. The first-order valence-corrected chi connectivity index (χ1v) is 16.3. The third-order valence-corrected chi connectivity index (χ3v) is 10.3. The van der Waals surface area contributed by atoms with E-state index in [4.69, 9.17) is 9.73 Å². The molecule has 8 nitrogen and oxygen atoms in total. The van der Waals surface area contributed by atoms with E-state index in [-0.39, 0.29) is 28.6 Å². The number of allylic oxidation sites excluding steroid dienone is 1. The maximum Gasteiger partial charge on any atom is 0.343 e. The maximum atomic E-state index is 14.3. The van der Waals surface area contributed by atoms with E-state index in [1.807, 2.05) is 58.5 Å². The Morgan fingerprint density at radius 3 is 2.57 bits per heavy atom. The van der Waals surface area contributed by atoms with Crippen molar-refractivity contribution < 1.29 is 14.5 Å². The lowest BCUT2D eigenvalue weighted by Crippen LogP contribution is -2.38. The summed E-state index contributed by atoms with van der Waals surface area (Å²) in [6.45, 7) is 0. The fourth-order valence-corrected chi connectivity index (χ4v) is 8.07. The van der Waals surface area contributed by atoms with Crippen molar-refractivity contribution in [2.75, 3.05) is 0 Å². The van der Waals surface area contributed by atoms with Gasteiger partial charge in [0, 0.05) is 28.1 Å². The van der Waals surface area contributed by atoms with Crippen LogP contribution in [0.5, 0.6) is 5.75 Å². The Morgan fingerprint density at radius 1 is 0.957 bits per heavy atom. The molecule has 0 unspecified atom stereocenters. The Kier molecular flexibility index (Phi) is 6.81. The molecule has 10 heteroatoms. The number of ether oxygens (including phenoxy) is 1. The number of carbonyl (C=O) groups excluding carboxylic acids is 1. The number of hydrogen-bond acceptors (Lipinski definition) is 8. The van der Waals surface area contributed by atoms with E-state index < -0.39 is 10.9 Å². The predicted molar refractivity (Wildman–Crippen MR) is 179 cm³/mol. The van der Waals surface area contributed by atoms with E-state index in [0.717, 1.165) is 45.3 Å². The molecule has 1 aliphatic carbocycles. The molecule has 1 atom stereocenters. The van der Waals surface area contributed by atoms with Gasteiger partial charge in [0.15, 0.2) is 4.80 Å². The molecular formula is C36H23N3O5S2. The molecule has 3 heterocycles. The molecule has 0 N–H and O–H groups in total. The van der Waals surface area contributed by atoms with E-state index in [1.165, 1.54) is 41.2 Å². The number of carbonyl (C=O) groups is 1. The summed E-state index contributed by atoms with van der Waals surface area (Å²) in [6.07, 6.45) is 3.48. The molecule has 4 aromatic carbocycles. The Morgan fingerprint density at radius 2 is 1.76 bits per heavy atom. The van der Waals surface area contributed by atoms with Crippen LogP contribution in [0.3, 0.4) is 0 Å². The van der Waals surface area contributed by atoms with Crippen molar-refractivity contribution >= 4 is 56.9 Å². The number of nitro groups is 1. The minimum Gasteiger partial charge on any atom is -0.422 e. The standard InChI is InChI=1S/C36H23N3O5S2/c40-34-31(46-36-37-32-26-9-4-2-7-22(26)13-17-27(32)33(38(34)36)30-10-5-19-45-30)20-28-25-8-3-1-6-21(25)14-18-29(28)44-35(41)23-11-15-24(16-12-23)39(42)43/h1-12,14-16,18-20,33H,13,17H2/b31-20+/t33-/m0/s1. The van der Waals surface area contributed by atoms with Gasteiger partial charge in [-0.2, -0.15) is 0 Å². The predicted octanol–water partition coefficient (Wildman–Crippen LogP) is 6.66. The second-order valence-electron chi connectivity index (χ2n) is 11.0. The van der Waals surface area contributed by atoms with Crippen molar-refractivity contribution in [1.82, 2.24) is 4.57 Å². The highest BCUT2D eigenvalue weighted by Gasteiger charge is 2.33. The van der Waals surface area contributed by atoms with E-state index in [9.17, 15) is 19.7 Å². The zero-order valence-electron chi connectivity index (χ0n) is 24.1. The lowest BCUT2D eigenvalue weighted by atomic mass is 9.85. The monoisotopic (exact) mass is 641 g/mol. The molecule has 0 amide bonds. The molecule has 6 aromatic rings. The zero-order chi connectivity index (χ0) is 31.4. The minimum absolute atomic E-state index is 0.121. The Labute approximate surface area is 269 Å². The van der Waals surface area contributed by atoms with Crippen LogP contribution in [0.25, 0.3) is 22.5 Å². The lowest BCUT2D eigenvalue weighted by Gasteiger charge is -2.30. The second-order valence-corrected chi connectivity index (χ2v) is 13.0. The van der Waals surface area contributed by atoms with Gasteiger partial charge >= 0.3 is 5.97 Å². The molecule has 2 aromatic heterocycles. The van der Waals surface area contributed by atoms with Crippen molar-refractivity contribution in [1.29, 1.82) is 0 Å². The van der Waals surface area contributed by atoms with Crippen LogP contribution in [0.1, 0.15) is 44.4 Å². The summed E-state index contributed by atoms with van der Waals surface area (Å²) >= 11 is 2.95. The SMILES string of the molecule is O=C(Oc1ccc2ccccc2c1/C=c1/sc2n(c1=O)[C@H](c1cccs1)C1=C(N=2)c2ccccc2CC1)c1ccc([N+](=O)[O-])cc1. The third kappa shape index (κ3) is 4.70. The van der Waals surface area contributed by atoms with E-state index >= 15 is 0 Å². The van der Waals surface area contributed by atoms with Gasteiger partial charge < -0.3 is 4.74 Å². The van der Waals surface area contributed by atoms with Gasteiger partial charge in [0.1, 0.15) is 5.75 Å². The number of fused-ring (bicyclic) bond motifs is 4. The maximum absolute atomic E-state index is 14.3. The number of nitro benzene ring substituents is 1. The highest BCUT2D eigenvalue weighted by molar-refractivity contribution is 7.10. The van der Waals surface area contributed by atoms with Crippen LogP contribution in [-0.4, -0.2) is 15.5 Å². The fraction of sp³-hybridized carbons (Fsp3) is 0.0833. The van der Waals surface area contributed by atoms with Gasteiger partial charge in [-0.3, -0.25) is 19.5 Å². The number of benzene rings is 4. The number of thiophene rings is 1. The largest absolute Gasteiger partial charge is 0.422 e. The molecule has 0 radical (unpaired) electrons. The van der Waals surface area contributed by atoms with Gasteiger partial charge in [0.2, 0.25) is 0 Å². The summed E-state index contributed by atoms with van der Waals surface area (Å²) in [4.78, 5) is 44.9. The highest BCUT2D eigenvalue weighted by Crippen LogP contribution is 2.42. The number of aromatic nitrogens is 1. The normalized spacial score (nSPS) is 15.6. The summed E-state index contributed by atoms with van der Waals surface area (Å²) in [5.74, 6) is -0.388. The molecule has 46 heavy (non-hydrogen) atoms. The van der Waals surface area contributed by atoms with Gasteiger partial charge in [-0.1, -0.05) is 72.0 Å². The van der Waals surface area contributed by atoms with Crippen molar-refractivity contribution in [3.63, 3.8) is 0 Å². The van der Waals surface area contributed by atoms with Gasteiger partial charge in [-0.25, -0.2) is 9.79 Å². The number of thiazole rings is 1. The van der Waals surface area contributed by atoms with Gasteiger partial charge in [0.05, 0.1) is 26.8 Å². The van der Waals surface area contributed by atoms with Crippen LogP contribution in [0.15, 0.2) is 118 Å². The molecular weight excluding hydrogens is 619 g/mol. The molecule has 0 spiro atoms. The van der Waals surface area contributed by atoms with Crippen LogP contribution in [-0.2, 0) is 6.42 Å². The minimum atomic E-state index is -0.662. The van der Waals surface area contributed by atoms with Crippen molar-refractivity contribution in [3.8, 4) is 5.75 Å². The van der Waals surface area contributed by atoms with Crippen molar-refractivity contribution in [2.45, 2.75) is 18.9 Å². The van der Waals surface area contributed by atoms with Crippen molar-refractivity contribution in [3.05, 3.63) is 165 Å². The smallest absolute Gasteiger partial charge is 0.343 e. The number of nitrogens with zero attached hydrogens (tertiary/aromatic N) is 3. The lowest BCUT2D eigenvalue weighted by molar-refractivity contribution is -0.384. The quantitative estimate of drug-likeness (QED) is 0.0907. The van der Waals surface area contributed by atoms with Crippen LogP contribution >= 0.6 is 22.7 Å². The van der Waals surface area contributed by atoms with Crippen LogP contribution < -0.4 is 19.6 Å². The first kappa shape index (κ1) is 28.1. The Bertz CT molecular complexity index is 2420. The first-order chi connectivity index (χ1) is 22.5. The summed E-state index contributed by atoms with van der Waals surface area (Å²) in [6, 6.07) is 28.7. The Balaban J connectivity index is 1.29. The van der Waals surface area contributed by atoms with Gasteiger partial charge in [-0.05, 0) is 70.5 Å². The number of rotatable bonds is 5. The number of hydrogen-bond donors (Lipinski definition) is 0. The summed E-state index contributed by atoms with van der Waals surface area (Å²) in [5, 5.41) is 14.8. The molecule has 224 valence electrons. The van der Waals surface area contributed by atoms with Crippen LogP contribution in [0.4, 0.5) is 5.69 Å². The molecule has 1 aliphatic heterocycles. The average molecular weight is 642 g/mol. The molecule has 0 bridgehead atoms. The van der Waals surface area contributed by atoms with Crippen LogP contribution in [0, 0.1) is 10.1 Å². The first-order valence-electron chi connectivity index (χ1n) is 14.6. The average Bonchev–Trinajstić information content (AvgIpc) is 3.73. The Hall–Kier alpha value is -5.45.